The number of benzene rings is 3. The summed E-state index contributed by atoms with van der Waals surface area (Å²) in [5.41, 5.74) is 5.41. The van der Waals surface area contributed by atoms with E-state index >= 15 is 0 Å². The molecule has 35 heavy (non-hydrogen) atoms. The maximum absolute atomic E-state index is 13.0. The van der Waals surface area contributed by atoms with E-state index in [1.807, 2.05) is 43.3 Å². The Labute approximate surface area is 206 Å². The number of nitrogens with one attached hydrogen (secondary N) is 1. The molecule has 1 aliphatic heterocycles. The summed E-state index contributed by atoms with van der Waals surface area (Å²) in [6.07, 6.45) is 0. The van der Waals surface area contributed by atoms with E-state index < -0.39 is 0 Å². The number of rotatable bonds is 6. The van der Waals surface area contributed by atoms with Crippen molar-refractivity contribution >= 4 is 28.2 Å². The molecule has 0 saturated carbocycles. The number of hydrogen-bond donors (Lipinski definition) is 1. The largest absolute Gasteiger partial charge is 0.497 e. The number of nitrogens with zero attached hydrogens (tertiary/aromatic N) is 3. The molecule has 2 heterocycles. The van der Waals surface area contributed by atoms with Crippen molar-refractivity contribution < 1.29 is 9.53 Å². The summed E-state index contributed by atoms with van der Waals surface area (Å²) >= 11 is 0. The van der Waals surface area contributed by atoms with Gasteiger partial charge in [0.05, 0.1) is 23.9 Å². The Hall–Kier alpha value is -3.90. The predicted octanol–water partition coefficient (Wildman–Crippen LogP) is 5.13. The first-order valence-electron chi connectivity index (χ1n) is 12.0. The quantitative estimate of drug-likeness (QED) is 0.427. The molecule has 0 unspecified atom stereocenters. The first-order valence-corrected chi connectivity index (χ1v) is 12.0. The third-order valence-electron chi connectivity index (χ3n) is 6.57. The Bertz CT molecular complexity index is 1310. The van der Waals surface area contributed by atoms with E-state index in [9.17, 15) is 4.79 Å². The molecule has 6 nitrogen and oxygen atoms in total. The summed E-state index contributed by atoms with van der Waals surface area (Å²) < 4.78 is 5.31. The molecule has 1 N–H and O–H groups in total. The zero-order valence-electron chi connectivity index (χ0n) is 20.2. The average Bonchev–Trinajstić information content (AvgIpc) is 2.89. The van der Waals surface area contributed by atoms with Crippen LogP contribution in [0.1, 0.15) is 21.6 Å². The number of carbonyl (C=O) groups is 1. The van der Waals surface area contributed by atoms with Crippen molar-refractivity contribution in [3.8, 4) is 5.75 Å². The van der Waals surface area contributed by atoms with Gasteiger partial charge in [-0.05, 0) is 61.0 Å². The Kier molecular flexibility index (Phi) is 6.64. The number of aryl methyl sites for hydroxylation is 1. The third-order valence-corrected chi connectivity index (χ3v) is 6.57. The Morgan fingerprint density at radius 3 is 2.40 bits per heavy atom. The summed E-state index contributed by atoms with van der Waals surface area (Å²) in [5.74, 6) is 0.577. The summed E-state index contributed by atoms with van der Waals surface area (Å²) in [7, 11) is 1.63. The lowest BCUT2D eigenvalue weighted by atomic mass is 10.1. The van der Waals surface area contributed by atoms with Gasteiger partial charge in [0.1, 0.15) is 5.75 Å². The predicted molar refractivity (Wildman–Crippen MR) is 141 cm³/mol. The van der Waals surface area contributed by atoms with Gasteiger partial charge >= 0.3 is 0 Å². The first-order chi connectivity index (χ1) is 17.1. The van der Waals surface area contributed by atoms with Crippen molar-refractivity contribution in [3.05, 3.63) is 95.7 Å². The minimum Gasteiger partial charge on any atom is -0.497 e. The highest BCUT2D eigenvalue weighted by molar-refractivity contribution is 6.06. The molecule has 1 fully saturated rings. The molecule has 0 bridgehead atoms. The van der Waals surface area contributed by atoms with E-state index in [1.54, 1.807) is 7.11 Å². The maximum atomic E-state index is 13.0. The van der Waals surface area contributed by atoms with Crippen LogP contribution < -0.4 is 15.0 Å². The lowest BCUT2D eigenvalue weighted by molar-refractivity contribution is 0.102. The molecule has 0 radical (unpaired) electrons. The monoisotopic (exact) mass is 466 g/mol. The van der Waals surface area contributed by atoms with Crippen LogP contribution in [0.2, 0.25) is 0 Å². The number of anilines is 2. The van der Waals surface area contributed by atoms with Gasteiger partial charge < -0.3 is 15.0 Å². The third kappa shape index (κ3) is 5.28. The molecule has 5 rings (SSSR count). The van der Waals surface area contributed by atoms with Crippen LogP contribution in [0.5, 0.6) is 5.75 Å². The molecule has 0 spiro atoms. The van der Waals surface area contributed by atoms with Crippen LogP contribution in [0.15, 0.2) is 78.9 Å². The number of carbonyl (C=O) groups excluding carboxylic acids is 1. The molecule has 3 aromatic carbocycles. The molecular formula is C29H30N4O2. The molecular weight excluding hydrogens is 436 g/mol. The van der Waals surface area contributed by atoms with E-state index in [-0.39, 0.29) is 5.91 Å². The summed E-state index contributed by atoms with van der Waals surface area (Å²) in [6, 6.07) is 26.3. The van der Waals surface area contributed by atoms with Gasteiger partial charge in [0, 0.05) is 49.5 Å². The molecule has 4 aromatic rings. The first kappa shape index (κ1) is 22.9. The fraction of sp³-hybridized carbons (Fsp3) is 0.241. The zero-order valence-corrected chi connectivity index (χ0v) is 20.2. The Balaban J connectivity index is 1.21. The Morgan fingerprint density at radius 2 is 1.69 bits per heavy atom. The minimum absolute atomic E-state index is 0.165. The standard InChI is InChI=1S/C29H30N4O2/c1-21-27(19-23-18-26(35-2)12-13-28(23)30-21)29(34)31-24-8-10-25(11-9-24)33-16-14-32(15-17-33)20-22-6-4-3-5-7-22/h3-13,18-19H,14-17,20H2,1-2H3,(H,31,34). The van der Waals surface area contributed by atoms with Crippen molar-refractivity contribution in [1.29, 1.82) is 0 Å². The van der Waals surface area contributed by atoms with E-state index in [1.165, 1.54) is 11.3 Å². The van der Waals surface area contributed by atoms with Crippen LogP contribution >= 0.6 is 0 Å². The van der Waals surface area contributed by atoms with Gasteiger partial charge in [-0.2, -0.15) is 0 Å². The van der Waals surface area contributed by atoms with Gasteiger partial charge in [0.25, 0.3) is 5.91 Å². The zero-order chi connectivity index (χ0) is 24.2. The SMILES string of the molecule is COc1ccc2nc(C)c(C(=O)Nc3ccc(N4CCN(Cc5ccccc5)CC4)cc3)cc2c1. The molecule has 1 amide bonds. The lowest BCUT2D eigenvalue weighted by Gasteiger charge is -2.36. The van der Waals surface area contributed by atoms with E-state index in [0.717, 1.165) is 55.1 Å². The van der Waals surface area contributed by atoms with Gasteiger partial charge in [0.2, 0.25) is 0 Å². The van der Waals surface area contributed by atoms with Crippen molar-refractivity contribution in [3.63, 3.8) is 0 Å². The fourth-order valence-corrected chi connectivity index (χ4v) is 4.57. The molecule has 1 aromatic heterocycles. The average molecular weight is 467 g/mol. The van der Waals surface area contributed by atoms with Gasteiger partial charge in [-0.25, -0.2) is 0 Å². The number of aromatic nitrogens is 1. The maximum Gasteiger partial charge on any atom is 0.257 e. The minimum atomic E-state index is -0.165. The molecule has 1 aliphatic rings. The second-order valence-electron chi connectivity index (χ2n) is 8.93. The normalized spacial score (nSPS) is 14.2. The molecule has 0 aliphatic carbocycles. The highest BCUT2D eigenvalue weighted by Crippen LogP contribution is 2.24. The smallest absolute Gasteiger partial charge is 0.257 e. The lowest BCUT2D eigenvalue weighted by Crippen LogP contribution is -2.45. The van der Waals surface area contributed by atoms with E-state index in [4.69, 9.17) is 4.74 Å². The second kappa shape index (κ2) is 10.2. The fourth-order valence-electron chi connectivity index (χ4n) is 4.57. The van der Waals surface area contributed by atoms with Crippen LogP contribution in [-0.2, 0) is 6.54 Å². The van der Waals surface area contributed by atoms with Crippen molar-refractivity contribution in [2.45, 2.75) is 13.5 Å². The number of hydrogen-bond acceptors (Lipinski definition) is 5. The number of amides is 1. The van der Waals surface area contributed by atoms with E-state index in [0.29, 0.717) is 11.3 Å². The van der Waals surface area contributed by atoms with Crippen LogP contribution in [0, 0.1) is 6.92 Å². The summed E-state index contributed by atoms with van der Waals surface area (Å²) in [4.78, 5) is 22.5. The van der Waals surface area contributed by atoms with Gasteiger partial charge in [-0.15, -0.1) is 0 Å². The van der Waals surface area contributed by atoms with Crippen molar-refractivity contribution in [1.82, 2.24) is 9.88 Å². The number of pyridine rings is 1. The number of piperazine rings is 1. The molecule has 0 atom stereocenters. The van der Waals surface area contributed by atoms with Crippen molar-refractivity contribution in [2.24, 2.45) is 0 Å². The molecule has 178 valence electrons. The van der Waals surface area contributed by atoms with E-state index in [2.05, 4.69) is 62.6 Å². The van der Waals surface area contributed by atoms with Crippen LogP contribution in [0.25, 0.3) is 10.9 Å². The van der Waals surface area contributed by atoms with Crippen LogP contribution in [-0.4, -0.2) is 49.1 Å². The highest BCUT2D eigenvalue weighted by Gasteiger charge is 2.18. The van der Waals surface area contributed by atoms with Gasteiger partial charge in [-0.3, -0.25) is 14.7 Å². The summed E-state index contributed by atoms with van der Waals surface area (Å²) in [6.45, 7) is 6.90. The topological polar surface area (TPSA) is 57.7 Å². The van der Waals surface area contributed by atoms with Crippen LogP contribution in [0.3, 0.4) is 0 Å². The molecule has 6 heteroatoms. The van der Waals surface area contributed by atoms with Crippen LogP contribution in [0.4, 0.5) is 11.4 Å². The Morgan fingerprint density at radius 1 is 0.943 bits per heavy atom. The number of fused-ring (bicyclic) bond motifs is 1. The van der Waals surface area contributed by atoms with Gasteiger partial charge in [-0.1, -0.05) is 30.3 Å². The number of methoxy groups -OCH3 is 1. The van der Waals surface area contributed by atoms with Gasteiger partial charge in [0.15, 0.2) is 0 Å². The summed E-state index contributed by atoms with van der Waals surface area (Å²) in [5, 5.41) is 3.90. The van der Waals surface area contributed by atoms with Crippen molar-refractivity contribution in [2.75, 3.05) is 43.5 Å². The molecule has 1 saturated heterocycles. The second-order valence-corrected chi connectivity index (χ2v) is 8.93. The highest BCUT2D eigenvalue weighted by atomic mass is 16.5. The number of ether oxygens (including phenoxy) is 1.